The van der Waals surface area contributed by atoms with Crippen LogP contribution in [0.2, 0.25) is 5.02 Å². The SMILES string of the molecule is Clc1ccc([C@H]2CN(Cc3cc(-c4ccccn4)no3)CCO2)cc1. The van der Waals surface area contributed by atoms with Crippen molar-refractivity contribution in [1.82, 2.24) is 15.0 Å². The number of morpholine rings is 1. The highest BCUT2D eigenvalue weighted by molar-refractivity contribution is 6.30. The summed E-state index contributed by atoms with van der Waals surface area (Å²) in [5.41, 5.74) is 2.72. The van der Waals surface area contributed by atoms with Crippen molar-refractivity contribution in [3.05, 3.63) is 71.1 Å². The zero-order chi connectivity index (χ0) is 17.1. The first kappa shape index (κ1) is 16.3. The van der Waals surface area contributed by atoms with Crippen LogP contribution in [0.25, 0.3) is 11.4 Å². The Kier molecular flexibility index (Phi) is 4.78. The van der Waals surface area contributed by atoms with Gasteiger partial charge >= 0.3 is 0 Å². The minimum absolute atomic E-state index is 0.0456. The van der Waals surface area contributed by atoms with Crippen molar-refractivity contribution < 1.29 is 9.26 Å². The van der Waals surface area contributed by atoms with Crippen molar-refractivity contribution in [1.29, 1.82) is 0 Å². The number of benzene rings is 1. The van der Waals surface area contributed by atoms with E-state index >= 15 is 0 Å². The third-order valence-electron chi connectivity index (χ3n) is 4.26. The number of pyridine rings is 1. The van der Waals surface area contributed by atoms with Crippen molar-refractivity contribution in [2.45, 2.75) is 12.6 Å². The summed E-state index contributed by atoms with van der Waals surface area (Å²) in [6, 6.07) is 15.5. The highest BCUT2D eigenvalue weighted by Gasteiger charge is 2.23. The van der Waals surface area contributed by atoms with E-state index in [-0.39, 0.29) is 6.10 Å². The molecule has 1 saturated heterocycles. The monoisotopic (exact) mass is 355 g/mol. The quantitative estimate of drug-likeness (QED) is 0.709. The molecule has 25 heavy (non-hydrogen) atoms. The summed E-state index contributed by atoms with van der Waals surface area (Å²) in [6.45, 7) is 3.06. The molecule has 0 amide bonds. The summed E-state index contributed by atoms with van der Waals surface area (Å²) in [5, 5.41) is 4.86. The molecule has 4 rings (SSSR count). The second-order valence-corrected chi connectivity index (χ2v) is 6.48. The summed E-state index contributed by atoms with van der Waals surface area (Å²) in [4.78, 5) is 6.61. The molecule has 0 saturated carbocycles. The van der Waals surface area contributed by atoms with Gasteiger partial charge in [-0.05, 0) is 29.8 Å². The summed E-state index contributed by atoms with van der Waals surface area (Å²) in [6.07, 6.45) is 1.80. The van der Waals surface area contributed by atoms with Gasteiger partial charge in [0, 0.05) is 30.4 Å². The van der Waals surface area contributed by atoms with Gasteiger partial charge in [-0.25, -0.2) is 0 Å². The molecule has 3 aromatic rings. The van der Waals surface area contributed by atoms with E-state index in [1.165, 1.54) is 0 Å². The predicted molar refractivity (Wildman–Crippen MR) is 95.2 cm³/mol. The number of rotatable bonds is 4. The lowest BCUT2D eigenvalue weighted by molar-refractivity contribution is -0.0351. The van der Waals surface area contributed by atoms with Crippen molar-refractivity contribution in [2.75, 3.05) is 19.7 Å². The molecule has 128 valence electrons. The lowest BCUT2D eigenvalue weighted by Gasteiger charge is -2.32. The zero-order valence-electron chi connectivity index (χ0n) is 13.6. The smallest absolute Gasteiger partial charge is 0.151 e. The van der Waals surface area contributed by atoms with E-state index in [4.69, 9.17) is 20.9 Å². The predicted octanol–water partition coefficient (Wildman–Crippen LogP) is 3.96. The molecular weight excluding hydrogens is 338 g/mol. The maximum Gasteiger partial charge on any atom is 0.151 e. The molecule has 0 spiro atoms. The van der Waals surface area contributed by atoms with E-state index < -0.39 is 0 Å². The van der Waals surface area contributed by atoms with E-state index in [1.54, 1.807) is 6.20 Å². The number of nitrogens with zero attached hydrogens (tertiary/aromatic N) is 3. The van der Waals surface area contributed by atoms with E-state index in [1.807, 2.05) is 48.5 Å². The maximum atomic E-state index is 5.96. The summed E-state index contributed by atoms with van der Waals surface area (Å²) in [7, 11) is 0. The third-order valence-corrected chi connectivity index (χ3v) is 4.51. The Morgan fingerprint density at radius 1 is 1.12 bits per heavy atom. The summed E-state index contributed by atoms with van der Waals surface area (Å²) < 4.78 is 11.4. The Morgan fingerprint density at radius 2 is 2.00 bits per heavy atom. The lowest BCUT2D eigenvalue weighted by atomic mass is 10.1. The lowest BCUT2D eigenvalue weighted by Crippen LogP contribution is -2.37. The van der Waals surface area contributed by atoms with Crippen LogP contribution < -0.4 is 0 Å². The first-order valence-corrected chi connectivity index (χ1v) is 8.62. The summed E-state index contributed by atoms with van der Waals surface area (Å²) >= 11 is 5.96. The molecule has 6 heteroatoms. The Bertz CT molecular complexity index is 820. The standard InChI is InChI=1S/C19H18ClN3O2/c20-15-6-4-14(5-7-15)19-13-23(9-10-24-19)12-16-11-18(22-25-16)17-3-1-2-8-21-17/h1-8,11,19H,9-10,12-13H2/t19-/m1/s1. The van der Waals surface area contributed by atoms with Crippen LogP contribution in [0.3, 0.4) is 0 Å². The number of aromatic nitrogens is 2. The van der Waals surface area contributed by atoms with Crippen LogP contribution in [-0.2, 0) is 11.3 Å². The van der Waals surface area contributed by atoms with Crippen LogP contribution in [-0.4, -0.2) is 34.7 Å². The van der Waals surface area contributed by atoms with Crippen molar-refractivity contribution in [3.8, 4) is 11.4 Å². The molecule has 1 aromatic carbocycles. The fourth-order valence-corrected chi connectivity index (χ4v) is 3.09. The molecule has 0 unspecified atom stereocenters. The van der Waals surface area contributed by atoms with Crippen molar-refractivity contribution in [2.24, 2.45) is 0 Å². The largest absolute Gasteiger partial charge is 0.371 e. The normalized spacial score (nSPS) is 18.4. The first-order valence-electron chi connectivity index (χ1n) is 8.24. The van der Waals surface area contributed by atoms with Gasteiger partial charge < -0.3 is 9.26 Å². The van der Waals surface area contributed by atoms with Crippen LogP contribution >= 0.6 is 11.6 Å². The van der Waals surface area contributed by atoms with E-state index in [2.05, 4.69) is 15.0 Å². The Balaban J connectivity index is 1.42. The fraction of sp³-hybridized carbons (Fsp3) is 0.263. The minimum Gasteiger partial charge on any atom is -0.371 e. The van der Waals surface area contributed by atoms with Gasteiger partial charge in [0.2, 0.25) is 0 Å². The third kappa shape index (κ3) is 3.90. The maximum absolute atomic E-state index is 5.96. The highest BCUT2D eigenvalue weighted by Crippen LogP contribution is 2.25. The van der Waals surface area contributed by atoms with Crippen LogP contribution in [0, 0.1) is 0 Å². The van der Waals surface area contributed by atoms with Gasteiger partial charge in [-0.15, -0.1) is 0 Å². The molecule has 1 fully saturated rings. The van der Waals surface area contributed by atoms with Crippen molar-refractivity contribution >= 4 is 11.6 Å². The topological polar surface area (TPSA) is 51.4 Å². The number of hydrogen-bond donors (Lipinski definition) is 0. The first-order chi connectivity index (χ1) is 12.3. The minimum atomic E-state index is 0.0456. The van der Waals surface area contributed by atoms with Crippen LogP contribution in [0.4, 0.5) is 0 Å². The average Bonchev–Trinajstić information content (AvgIpc) is 3.12. The number of hydrogen-bond acceptors (Lipinski definition) is 5. The van der Waals surface area contributed by atoms with E-state index in [0.717, 1.165) is 40.8 Å². The Hall–Kier alpha value is -2.21. The molecule has 0 aliphatic carbocycles. The van der Waals surface area contributed by atoms with Crippen LogP contribution in [0.1, 0.15) is 17.4 Å². The molecule has 1 atom stereocenters. The molecular formula is C19H18ClN3O2. The van der Waals surface area contributed by atoms with Gasteiger partial charge in [0.25, 0.3) is 0 Å². The average molecular weight is 356 g/mol. The molecule has 3 heterocycles. The fourth-order valence-electron chi connectivity index (χ4n) is 2.97. The molecule has 0 bridgehead atoms. The molecule has 0 radical (unpaired) electrons. The Morgan fingerprint density at radius 3 is 2.80 bits per heavy atom. The zero-order valence-corrected chi connectivity index (χ0v) is 14.4. The van der Waals surface area contributed by atoms with Crippen LogP contribution in [0.15, 0.2) is 59.3 Å². The highest BCUT2D eigenvalue weighted by atomic mass is 35.5. The molecule has 1 aliphatic rings. The van der Waals surface area contributed by atoms with Gasteiger partial charge in [0.1, 0.15) is 5.69 Å². The van der Waals surface area contributed by atoms with Gasteiger partial charge in [0.15, 0.2) is 5.76 Å². The molecule has 5 nitrogen and oxygen atoms in total. The second-order valence-electron chi connectivity index (χ2n) is 6.04. The number of ether oxygens (including phenoxy) is 1. The van der Waals surface area contributed by atoms with Gasteiger partial charge in [-0.3, -0.25) is 9.88 Å². The summed E-state index contributed by atoms with van der Waals surface area (Å²) in [5.74, 6) is 0.831. The van der Waals surface area contributed by atoms with Gasteiger partial charge in [-0.1, -0.05) is 35.0 Å². The van der Waals surface area contributed by atoms with Crippen molar-refractivity contribution in [3.63, 3.8) is 0 Å². The van der Waals surface area contributed by atoms with Gasteiger partial charge in [-0.2, -0.15) is 0 Å². The van der Waals surface area contributed by atoms with Gasteiger partial charge in [0.05, 0.1) is 24.9 Å². The molecule has 1 aliphatic heterocycles. The molecule has 0 N–H and O–H groups in total. The Labute approximate surface area is 151 Å². The van der Waals surface area contributed by atoms with E-state index in [9.17, 15) is 0 Å². The van der Waals surface area contributed by atoms with Crippen LogP contribution in [0.5, 0.6) is 0 Å². The molecule has 2 aromatic heterocycles. The number of halogens is 1. The second kappa shape index (κ2) is 7.35. The van der Waals surface area contributed by atoms with E-state index in [0.29, 0.717) is 13.2 Å².